The second-order valence-electron chi connectivity index (χ2n) is 3.43. The molecule has 0 aromatic carbocycles. The zero-order chi connectivity index (χ0) is 9.35. The summed E-state index contributed by atoms with van der Waals surface area (Å²) in [5.41, 5.74) is -0.0000231. The number of carboxylic acid groups (broad SMARTS) is 1. The van der Waals surface area contributed by atoms with E-state index in [4.69, 9.17) is 5.11 Å². The molecule has 1 rings (SSSR count). The van der Waals surface area contributed by atoms with Gasteiger partial charge >= 0.3 is 37.1 Å². The van der Waals surface area contributed by atoms with Crippen LogP contribution in [0.1, 0.15) is 24.2 Å². The van der Waals surface area contributed by atoms with Gasteiger partial charge in [-0.2, -0.15) is 0 Å². The Morgan fingerprint density at radius 3 is 2.29 bits per heavy atom. The predicted molar refractivity (Wildman–Crippen MR) is 52.5 cm³/mol. The number of carboxylic acids is 1. The maximum atomic E-state index is 10.5. The minimum absolute atomic E-state index is 0. The van der Waals surface area contributed by atoms with Crippen molar-refractivity contribution in [3.63, 3.8) is 0 Å². The van der Waals surface area contributed by atoms with Gasteiger partial charge in [0.15, 0.2) is 0 Å². The molecule has 0 atom stereocenters. The van der Waals surface area contributed by atoms with Gasteiger partial charge in [0.1, 0.15) is 0 Å². The number of nitrogens with zero attached hydrogens (tertiary/aromatic N) is 1. The molecule has 3 nitrogen and oxygen atoms in total. The van der Waals surface area contributed by atoms with Crippen LogP contribution >= 0.6 is 0 Å². The summed E-state index contributed by atoms with van der Waals surface area (Å²) in [6.07, 6.45) is 3.30. The molecule has 1 heterocycles. The van der Waals surface area contributed by atoms with Crippen LogP contribution in [0.15, 0.2) is 18.5 Å². The molecule has 0 radical (unpaired) electrons. The quantitative estimate of drug-likeness (QED) is 0.748. The number of hydrogen-bond donors (Lipinski definition) is 1. The van der Waals surface area contributed by atoms with Crippen molar-refractivity contribution >= 4 is 5.97 Å². The Balaban J connectivity index is 0. The Hall–Kier alpha value is -0.198. The summed E-state index contributed by atoms with van der Waals surface area (Å²) in [6, 6.07) is 1.56. The van der Waals surface area contributed by atoms with E-state index in [9.17, 15) is 4.79 Å². The maximum absolute atomic E-state index is 10.5. The molecule has 0 fully saturated rings. The van der Waals surface area contributed by atoms with Crippen molar-refractivity contribution in [1.29, 1.82) is 0 Å². The molecule has 0 amide bonds. The normalized spacial score (nSPS) is 9.93. The zero-order valence-corrected chi connectivity index (χ0v) is 12.9. The SMILES string of the molecule is [CH2-]C(C)(C)n1ccc(C(=O)O)c1.[CH3-].[U+2]. The van der Waals surface area contributed by atoms with Gasteiger partial charge in [0, 0.05) is 12.4 Å². The number of aromatic carboxylic acids is 1. The summed E-state index contributed by atoms with van der Waals surface area (Å²) in [7, 11) is 0. The van der Waals surface area contributed by atoms with Crippen molar-refractivity contribution in [2.45, 2.75) is 19.4 Å². The smallest absolute Gasteiger partial charge is 0.478 e. The minimum Gasteiger partial charge on any atom is -0.478 e. The Labute approximate surface area is 109 Å². The minimum atomic E-state index is -0.905. The van der Waals surface area contributed by atoms with Crippen LogP contribution in [-0.4, -0.2) is 15.6 Å². The van der Waals surface area contributed by atoms with Crippen LogP contribution < -0.4 is 0 Å². The third-order valence-electron chi connectivity index (χ3n) is 1.64. The summed E-state index contributed by atoms with van der Waals surface area (Å²) < 4.78 is 1.77. The van der Waals surface area contributed by atoms with E-state index >= 15 is 0 Å². The molecule has 0 bridgehead atoms. The van der Waals surface area contributed by atoms with Gasteiger partial charge in [-0.25, -0.2) is 4.79 Å². The third kappa shape index (κ3) is 3.90. The van der Waals surface area contributed by atoms with Gasteiger partial charge in [0.2, 0.25) is 0 Å². The molecule has 1 aromatic heterocycles. The summed E-state index contributed by atoms with van der Waals surface area (Å²) in [5, 5.41) is 8.63. The summed E-state index contributed by atoms with van der Waals surface area (Å²) in [6.45, 7) is 7.71. The molecule has 14 heavy (non-hydrogen) atoms. The molecular weight excluding hydrogens is 404 g/mol. The molecule has 1 aromatic rings. The van der Waals surface area contributed by atoms with E-state index in [1.165, 1.54) is 0 Å². The van der Waals surface area contributed by atoms with Crippen molar-refractivity contribution in [2.75, 3.05) is 0 Å². The van der Waals surface area contributed by atoms with Gasteiger partial charge in [0.05, 0.1) is 5.56 Å². The van der Waals surface area contributed by atoms with Crippen LogP contribution in [0.5, 0.6) is 0 Å². The molecule has 0 unspecified atom stereocenters. The molecule has 0 aliphatic carbocycles. The van der Waals surface area contributed by atoms with Crippen LogP contribution in [0.4, 0.5) is 0 Å². The summed E-state index contributed by atoms with van der Waals surface area (Å²) in [4.78, 5) is 10.5. The van der Waals surface area contributed by atoms with Crippen molar-refractivity contribution in [1.82, 2.24) is 4.57 Å². The first-order chi connectivity index (χ1) is 5.41. The first kappa shape index (κ1) is 16.2. The second kappa shape index (κ2) is 5.63. The van der Waals surface area contributed by atoms with E-state index in [1.807, 2.05) is 13.8 Å². The van der Waals surface area contributed by atoms with Gasteiger partial charge < -0.3 is 24.0 Å². The molecule has 0 aliphatic rings. The standard InChI is InChI=1S/C9H12NO2.CH3.U/c1-9(2,3)10-5-4-7(6-10)8(11)12;;/h4-6H,1H2,2-3H3,(H,11,12);1H3;/q2*-1;+2. The largest absolute Gasteiger partial charge is 2.00 e. The fraction of sp³-hybridized carbons (Fsp3) is 0.300. The van der Waals surface area contributed by atoms with Gasteiger partial charge in [-0.05, 0) is 6.07 Å². The molecule has 0 spiro atoms. The molecule has 4 heteroatoms. The topological polar surface area (TPSA) is 42.2 Å². The van der Waals surface area contributed by atoms with Crippen LogP contribution in [0, 0.1) is 45.5 Å². The molecule has 0 saturated heterocycles. The van der Waals surface area contributed by atoms with E-state index in [-0.39, 0.29) is 44.1 Å². The van der Waals surface area contributed by atoms with Crippen molar-refractivity contribution in [3.8, 4) is 0 Å². The average Bonchev–Trinajstić information content (AvgIpc) is 2.30. The molecular formula is C10H15NO2U. The summed E-state index contributed by atoms with van der Waals surface area (Å²) in [5.74, 6) is -0.905. The Morgan fingerprint density at radius 1 is 1.57 bits per heavy atom. The van der Waals surface area contributed by atoms with E-state index in [1.54, 1.807) is 23.0 Å². The van der Waals surface area contributed by atoms with Crippen molar-refractivity contribution in [3.05, 3.63) is 38.4 Å². The van der Waals surface area contributed by atoms with E-state index in [0.717, 1.165) is 0 Å². The number of hydrogen-bond acceptors (Lipinski definition) is 1. The second-order valence-corrected chi connectivity index (χ2v) is 3.43. The maximum Gasteiger partial charge on any atom is 2.00 e. The van der Waals surface area contributed by atoms with Crippen LogP contribution in [-0.2, 0) is 5.54 Å². The van der Waals surface area contributed by atoms with Gasteiger partial charge in [0.25, 0.3) is 0 Å². The predicted octanol–water partition coefficient (Wildman–Crippen LogP) is 2.21. The molecule has 1 N–H and O–H groups in total. The first-order valence-electron chi connectivity index (χ1n) is 3.68. The number of carbonyl (C=O) groups is 1. The zero-order valence-electron chi connectivity index (χ0n) is 8.74. The van der Waals surface area contributed by atoms with Gasteiger partial charge in [-0.3, -0.25) is 0 Å². The first-order valence-corrected chi connectivity index (χ1v) is 3.68. The Morgan fingerprint density at radius 2 is 2.07 bits per heavy atom. The Kier molecular flexibility index (Phi) is 6.53. The fourth-order valence-electron chi connectivity index (χ4n) is 0.900. The third-order valence-corrected chi connectivity index (χ3v) is 1.64. The van der Waals surface area contributed by atoms with Gasteiger partial charge in [-0.15, -0.1) is 0 Å². The van der Waals surface area contributed by atoms with Crippen LogP contribution in [0.25, 0.3) is 0 Å². The van der Waals surface area contributed by atoms with E-state index in [0.29, 0.717) is 5.56 Å². The number of rotatable bonds is 2. The van der Waals surface area contributed by atoms with E-state index in [2.05, 4.69) is 6.92 Å². The molecule has 76 valence electrons. The van der Waals surface area contributed by atoms with Crippen LogP contribution in [0.3, 0.4) is 0 Å². The van der Waals surface area contributed by atoms with Crippen molar-refractivity contribution in [2.24, 2.45) is 0 Å². The number of aromatic nitrogens is 1. The fourth-order valence-corrected chi connectivity index (χ4v) is 0.900. The van der Waals surface area contributed by atoms with Crippen molar-refractivity contribution < 1.29 is 41.0 Å². The summed E-state index contributed by atoms with van der Waals surface area (Å²) >= 11 is 0. The van der Waals surface area contributed by atoms with E-state index < -0.39 is 5.97 Å². The monoisotopic (exact) mass is 419 g/mol. The average molecular weight is 419 g/mol. The molecule has 0 saturated carbocycles. The Bertz CT molecular complexity index is 299. The van der Waals surface area contributed by atoms with Gasteiger partial charge in [-0.1, -0.05) is 19.4 Å². The molecule has 0 aliphatic heterocycles. The van der Waals surface area contributed by atoms with Crippen LogP contribution in [0.2, 0.25) is 0 Å².